The van der Waals surface area contributed by atoms with Crippen LogP contribution in [0.1, 0.15) is 35.6 Å². The second kappa shape index (κ2) is 9.88. The van der Waals surface area contributed by atoms with Crippen LogP contribution in [0.3, 0.4) is 0 Å². The van der Waals surface area contributed by atoms with E-state index in [1.807, 2.05) is 19.1 Å². The zero-order chi connectivity index (χ0) is 24.1. The van der Waals surface area contributed by atoms with E-state index >= 15 is 0 Å². The van der Waals surface area contributed by atoms with Crippen molar-refractivity contribution in [1.82, 2.24) is 29.5 Å². The van der Waals surface area contributed by atoms with Gasteiger partial charge in [-0.2, -0.15) is 0 Å². The van der Waals surface area contributed by atoms with E-state index in [2.05, 4.69) is 75.1 Å². The molecular weight excluding hydrogens is 426 g/mol. The molecule has 2 aromatic carbocycles. The Labute approximate surface area is 197 Å². The lowest BCUT2D eigenvalue weighted by Crippen LogP contribution is -2.19. The van der Waals surface area contributed by atoms with Crippen LogP contribution in [0.4, 0.5) is 5.82 Å². The first kappa shape index (κ1) is 22.6. The predicted octanol–water partition coefficient (Wildman–Crippen LogP) is 3.63. The van der Waals surface area contributed by atoms with Crippen molar-refractivity contribution in [1.29, 1.82) is 0 Å². The standard InChI is InChI=1S/C18H16N2.C8H9N5O/c1-3-9-14-10-8-13-16-18(14)20(17(4-2)19-16)15-11-6-5-7-12-15;1-10-8(14)5-6(9)12-13-4-2-3-11-7(5)13/h5-8,10-13H,4H2,1-2H3;2-4H,1H3,(H2,9,12)(H,10,14). The van der Waals surface area contributed by atoms with Gasteiger partial charge in [0.15, 0.2) is 11.5 Å². The Kier molecular flexibility index (Phi) is 6.55. The fourth-order valence-corrected chi connectivity index (χ4v) is 3.75. The molecule has 5 aromatic rings. The summed E-state index contributed by atoms with van der Waals surface area (Å²) >= 11 is 0. The maximum atomic E-state index is 11.4. The molecule has 1 amide bonds. The van der Waals surface area contributed by atoms with Crippen molar-refractivity contribution in [2.75, 3.05) is 12.8 Å². The molecule has 0 saturated carbocycles. The number of imidazole rings is 1. The van der Waals surface area contributed by atoms with Crippen LogP contribution in [0.25, 0.3) is 22.4 Å². The summed E-state index contributed by atoms with van der Waals surface area (Å²) in [6.07, 6.45) is 4.16. The van der Waals surface area contributed by atoms with Crippen molar-refractivity contribution in [3.05, 3.63) is 83.9 Å². The maximum Gasteiger partial charge on any atom is 0.258 e. The smallest absolute Gasteiger partial charge is 0.258 e. The molecule has 0 saturated heterocycles. The summed E-state index contributed by atoms with van der Waals surface area (Å²) in [5.41, 5.74) is 10.6. The predicted molar refractivity (Wildman–Crippen MR) is 134 cm³/mol. The number of hydrogen-bond donors (Lipinski definition) is 2. The number of carbonyl (C=O) groups excluding carboxylic acids is 1. The van der Waals surface area contributed by atoms with Gasteiger partial charge in [-0.05, 0) is 37.3 Å². The minimum absolute atomic E-state index is 0.183. The van der Waals surface area contributed by atoms with E-state index in [1.165, 1.54) is 11.6 Å². The van der Waals surface area contributed by atoms with Crippen molar-refractivity contribution in [2.45, 2.75) is 20.3 Å². The topological polar surface area (TPSA) is 103 Å². The normalized spacial score (nSPS) is 10.3. The number of rotatable bonds is 3. The van der Waals surface area contributed by atoms with E-state index in [4.69, 9.17) is 10.7 Å². The number of anilines is 1. The third-order valence-electron chi connectivity index (χ3n) is 5.21. The Balaban J connectivity index is 0.000000172. The Morgan fingerprint density at radius 3 is 2.62 bits per heavy atom. The quantitative estimate of drug-likeness (QED) is 0.408. The molecule has 0 atom stereocenters. The van der Waals surface area contributed by atoms with Crippen LogP contribution >= 0.6 is 0 Å². The van der Waals surface area contributed by atoms with Gasteiger partial charge >= 0.3 is 0 Å². The minimum Gasteiger partial charge on any atom is -0.381 e. The van der Waals surface area contributed by atoms with Gasteiger partial charge in [-0.25, -0.2) is 14.5 Å². The van der Waals surface area contributed by atoms with Crippen molar-refractivity contribution in [2.24, 2.45) is 0 Å². The number of hydrogen-bond acceptors (Lipinski definition) is 5. The summed E-state index contributed by atoms with van der Waals surface area (Å²) in [7, 11) is 1.54. The fourth-order valence-electron chi connectivity index (χ4n) is 3.75. The Bertz CT molecular complexity index is 1520. The van der Waals surface area contributed by atoms with Crippen LogP contribution < -0.4 is 11.1 Å². The number of nitrogens with two attached hydrogens (primary N) is 1. The Hall–Kier alpha value is -4.64. The fraction of sp³-hybridized carbons (Fsp3) is 0.154. The molecular formula is C26H25N7O. The maximum absolute atomic E-state index is 11.4. The Morgan fingerprint density at radius 1 is 1.12 bits per heavy atom. The average molecular weight is 452 g/mol. The van der Waals surface area contributed by atoms with Crippen LogP contribution in [0.5, 0.6) is 0 Å². The SMILES string of the molecule is CC#Cc1cccc2nc(CC)n(-c3ccccc3)c12.CNC(=O)c1c(N)nn2cccnc12. The van der Waals surface area contributed by atoms with E-state index < -0.39 is 0 Å². The highest BCUT2D eigenvalue weighted by Gasteiger charge is 2.17. The molecule has 0 unspecified atom stereocenters. The van der Waals surface area contributed by atoms with Crippen molar-refractivity contribution >= 4 is 28.4 Å². The van der Waals surface area contributed by atoms with Crippen molar-refractivity contribution in [3.63, 3.8) is 0 Å². The number of nitrogens with zero attached hydrogens (tertiary/aromatic N) is 5. The van der Waals surface area contributed by atoms with E-state index in [-0.39, 0.29) is 11.7 Å². The minimum atomic E-state index is -0.281. The van der Waals surface area contributed by atoms with Gasteiger partial charge < -0.3 is 11.1 Å². The molecule has 34 heavy (non-hydrogen) atoms. The van der Waals surface area contributed by atoms with Gasteiger partial charge in [-0.15, -0.1) is 11.0 Å². The summed E-state index contributed by atoms with van der Waals surface area (Å²) in [5, 5.41) is 6.44. The van der Waals surface area contributed by atoms with E-state index in [1.54, 1.807) is 18.5 Å². The lowest BCUT2D eigenvalue weighted by molar-refractivity contribution is 0.0965. The average Bonchev–Trinajstić information content (AvgIpc) is 3.42. The van der Waals surface area contributed by atoms with Crippen LogP contribution in [-0.2, 0) is 6.42 Å². The number of fused-ring (bicyclic) bond motifs is 2. The summed E-state index contributed by atoms with van der Waals surface area (Å²) < 4.78 is 3.69. The number of aryl methyl sites for hydroxylation is 1. The van der Waals surface area contributed by atoms with Crippen molar-refractivity contribution < 1.29 is 4.79 Å². The van der Waals surface area contributed by atoms with Crippen LogP contribution in [0.2, 0.25) is 0 Å². The third-order valence-corrected chi connectivity index (χ3v) is 5.21. The summed E-state index contributed by atoms with van der Waals surface area (Å²) in [5.74, 6) is 7.15. The molecule has 0 aliphatic heterocycles. The van der Waals surface area contributed by atoms with Gasteiger partial charge in [-0.1, -0.05) is 37.1 Å². The van der Waals surface area contributed by atoms with E-state index in [0.29, 0.717) is 11.2 Å². The highest BCUT2D eigenvalue weighted by atomic mass is 16.1. The highest BCUT2D eigenvalue weighted by molar-refractivity contribution is 6.03. The third kappa shape index (κ3) is 4.19. The van der Waals surface area contributed by atoms with Crippen LogP contribution in [-0.4, -0.2) is 37.1 Å². The molecule has 0 aliphatic rings. The van der Waals surface area contributed by atoms with Gasteiger partial charge in [0.05, 0.1) is 16.6 Å². The molecule has 3 heterocycles. The molecule has 0 bridgehead atoms. The summed E-state index contributed by atoms with van der Waals surface area (Å²) in [4.78, 5) is 20.2. The molecule has 8 heteroatoms. The summed E-state index contributed by atoms with van der Waals surface area (Å²) in [6.45, 7) is 3.99. The van der Waals surface area contributed by atoms with Gasteiger partial charge in [0.2, 0.25) is 0 Å². The first-order valence-corrected chi connectivity index (χ1v) is 10.9. The number of carbonyl (C=O) groups is 1. The number of benzene rings is 2. The van der Waals surface area contributed by atoms with Gasteiger partial charge in [0.25, 0.3) is 5.91 Å². The molecule has 3 aromatic heterocycles. The van der Waals surface area contributed by atoms with Gasteiger partial charge in [0.1, 0.15) is 11.4 Å². The number of aromatic nitrogens is 5. The second-order valence-electron chi connectivity index (χ2n) is 7.33. The molecule has 8 nitrogen and oxygen atoms in total. The molecule has 170 valence electrons. The van der Waals surface area contributed by atoms with E-state index in [0.717, 1.165) is 34.5 Å². The molecule has 0 aliphatic carbocycles. The zero-order valence-electron chi connectivity index (χ0n) is 19.3. The van der Waals surface area contributed by atoms with E-state index in [9.17, 15) is 4.79 Å². The largest absolute Gasteiger partial charge is 0.381 e. The van der Waals surface area contributed by atoms with Crippen LogP contribution in [0, 0.1) is 11.8 Å². The first-order chi connectivity index (χ1) is 16.6. The number of amides is 1. The Morgan fingerprint density at radius 2 is 1.91 bits per heavy atom. The lowest BCUT2D eigenvalue weighted by atomic mass is 10.1. The van der Waals surface area contributed by atoms with Crippen LogP contribution in [0.15, 0.2) is 67.0 Å². The van der Waals surface area contributed by atoms with Gasteiger partial charge in [0, 0.05) is 31.5 Å². The molecule has 0 spiro atoms. The molecule has 3 N–H and O–H groups in total. The molecule has 5 rings (SSSR count). The zero-order valence-corrected chi connectivity index (χ0v) is 19.3. The van der Waals surface area contributed by atoms with Gasteiger partial charge in [-0.3, -0.25) is 9.36 Å². The summed E-state index contributed by atoms with van der Waals surface area (Å²) in [6, 6.07) is 18.2. The molecule has 0 radical (unpaired) electrons. The number of nitrogens with one attached hydrogen (secondary N) is 1. The lowest BCUT2D eigenvalue weighted by Gasteiger charge is -2.09. The first-order valence-electron chi connectivity index (χ1n) is 10.9. The van der Waals surface area contributed by atoms with Crippen molar-refractivity contribution in [3.8, 4) is 17.5 Å². The molecule has 0 fully saturated rings. The highest BCUT2D eigenvalue weighted by Crippen LogP contribution is 2.24. The number of para-hydroxylation sites is 2. The second-order valence-corrected chi connectivity index (χ2v) is 7.33. The monoisotopic (exact) mass is 451 g/mol. The number of nitrogen functional groups attached to an aromatic ring is 1.